The molecule has 0 saturated carbocycles. The molecule has 1 amide bonds. The second kappa shape index (κ2) is 8.09. The largest absolute Gasteiger partial charge is 0.350 e. The van der Waals surface area contributed by atoms with Crippen molar-refractivity contribution in [2.45, 2.75) is 25.8 Å². The molecule has 0 aromatic heterocycles. The van der Waals surface area contributed by atoms with E-state index in [0.717, 1.165) is 5.56 Å². The maximum Gasteiger partial charge on any atom is 0.282 e. The molecule has 0 heterocycles. The van der Waals surface area contributed by atoms with Crippen molar-refractivity contribution >= 4 is 23.2 Å². The molecule has 1 unspecified atom stereocenters. The lowest BCUT2D eigenvalue weighted by Crippen LogP contribution is -2.32. The number of nitro benzene ring substituents is 1. The van der Waals surface area contributed by atoms with E-state index in [1.165, 1.54) is 23.8 Å². The van der Waals surface area contributed by atoms with Gasteiger partial charge in [0.2, 0.25) is 0 Å². The molecule has 0 aliphatic heterocycles. The normalized spacial score (nSPS) is 12.0. The summed E-state index contributed by atoms with van der Waals surface area (Å²) in [4.78, 5) is 22.7. The SMILES string of the molecule is CC(C)c1ccc(C(N)CNC(=O)c2cc(Cl)ccc2[N+](=O)[O-])cc1. The maximum absolute atomic E-state index is 12.3. The van der Waals surface area contributed by atoms with E-state index in [2.05, 4.69) is 19.2 Å². The van der Waals surface area contributed by atoms with Crippen LogP contribution in [0.4, 0.5) is 5.69 Å². The van der Waals surface area contributed by atoms with Crippen molar-refractivity contribution in [1.29, 1.82) is 0 Å². The van der Waals surface area contributed by atoms with Gasteiger partial charge >= 0.3 is 0 Å². The summed E-state index contributed by atoms with van der Waals surface area (Å²) in [5, 5.41) is 13.9. The third kappa shape index (κ3) is 4.78. The van der Waals surface area contributed by atoms with Crippen molar-refractivity contribution in [1.82, 2.24) is 5.32 Å². The number of carbonyl (C=O) groups is 1. The highest BCUT2D eigenvalue weighted by Gasteiger charge is 2.21. The van der Waals surface area contributed by atoms with Crippen LogP contribution in [-0.2, 0) is 0 Å². The molecule has 0 radical (unpaired) electrons. The number of halogens is 1. The van der Waals surface area contributed by atoms with E-state index in [1.807, 2.05) is 24.3 Å². The molecular formula is C18H20ClN3O3. The van der Waals surface area contributed by atoms with E-state index in [1.54, 1.807) is 0 Å². The van der Waals surface area contributed by atoms with Gasteiger partial charge in [-0.1, -0.05) is 49.7 Å². The third-order valence-electron chi connectivity index (χ3n) is 3.91. The number of nitro groups is 1. The average Bonchev–Trinajstić information content (AvgIpc) is 2.59. The van der Waals surface area contributed by atoms with Gasteiger partial charge in [0.15, 0.2) is 0 Å². The molecule has 0 saturated heterocycles. The van der Waals surface area contributed by atoms with Gasteiger partial charge in [0.05, 0.1) is 4.92 Å². The fraction of sp³-hybridized carbons (Fsp3) is 0.278. The summed E-state index contributed by atoms with van der Waals surface area (Å²) in [5.41, 5.74) is 7.81. The summed E-state index contributed by atoms with van der Waals surface area (Å²) in [5.74, 6) is -0.156. The number of amides is 1. The van der Waals surface area contributed by atoms with E-state index >= 15 is 0 Å². The van der Waals surface area contributed by atoms with Crippen LogP contribution in [0.2, 0.25) is 5.02 Å². The first-order valence-corrected chi connectivity index (χ1v) is 8.25. The monoisotopic (exact) mass is 361 g/mol. The number of hydrogen-bond donors (Lipinski definition) is 2. The maximum atomic E-state index is 12.3. The predicted octanol–water partition coefficient (Wildman–Crippen LogP) is 3.80. The van der Waals surface area contributed by atoms with Gasteiger partial charge in [-0.15, -0.1) is 0 Å². The van der Waals surface area contributed by atoms with E-state index < -0.39 is 16.9 Å². The summed E-state index contributed by atoms with van der Waals surface area (Å²) in [6, 6.07) is 11.3. The lowest BCUT2D eigenvalue weighted by Gasteiger charge is -2.15. The van der Waals surface area contributed by atoms with Crippen LogP contribution >= 0.6 is 11.6 Å². The molecule has 2 rings (SSSR count). The Balaban J connectivity index is 2.07. The lowest BCUT2D eigenvalue weighted by molar-refractivity contribution is -0.385. The number of hydrogen-bond acceptors (Lipinski definition) is 4. The second-order valence-corrected chi connectivity index (χ2v) is 6.49. The van der Waals surface area contributed by atoms with Gasteiger partial charge in [-0.3, -0.25) is 14.9 Å². The van der Waals surface area contributed by atoms with Gasteiger partial charge in [-0.05, 0) is 29.2 Å². The summed E-state index contributed by atoms with van der Waals surface area (Å²) in [6.45, 7) is 4.36. The topological polar surface area (TPSA) is 98.3 Å². The minimum absolute atomic E-state index is 0.0835. The summed E-state index contributed by atoms with van der Waals surface area (Å²) < 4.78 is 0. The van der Waals surface area contributed by atoms with Gasteiger partial charge in [0.1, 0.15) is 5.56 Å². The Kier molecular flexibility index (Phi) is 6.12. The Hall–Kier alpha value is -2.44. The highest BCUT2D eigenvalue weighted by atomic mass is 35.5. The first-order chi connectivity index (χ1) is 11.8. The van der Waals surface area contributed by atoms with Crippen LogP contribution in [0.15, 0.2) is 42.5 Å². The summed E-state index contributed by atoms with van der Waals surface area (Å²) in [7, 11) is 0. The molecule has 25 heavy (non-hydrogen) atoms. The Morgan fingerprint density at radius 2 is 1.80 bits per heavy atom. The summed E-state index contributed by atoms with van der Waals surface area (Å²) in [6.07, 6.45) is 0. The van der Waals surface area contributed by atoms with E-state index in [4.69, 9.17) is 17.3 Å². The predicted molar refractivity (Wildman–Crippen MR) is 97.9 cm³/mol. The number of rotatable bonds is 6. The van der Waals surface area contributed by atoms with Gasteiger partial charge in [0.25, 0.3) is 11.6 Å². The fourth-order valence-electron chi connectivity index (χ4n) is 2.39. The van der Waals surface area contributed by atoms with Crippen LogP contribution in [0.3, 0.4) is 0 Å². The molecule has 0 bridgehead atoms. The van der Waals surface area contributed by atoms with Gasteiger partial charge in [0, 0.05) is 23.7 Å². The molecule has 2 aromatic carbocycles. The molecule has 0 aliphatic rings. The Morgan fingerprint density at radius 3 is 2.36 bits per heavy atom. The van der Waals surface area contributed by atoms with Crippen LogP contribution in [0.25, 0.3) is 0 Å². The quantitative estimate of drug-likeness (QED) is 0.603. The Bertz CT molecular complexity index is 776. The Labute approximate surface area is 151 Å². The van der Waals surface area contributed by atoms with Crippen LogP contribution < -0.4 is 11.1 Å². The van der Waals surface area contributed by atoms with Crippen LogP contribution in [0.1, 0.15) is 47.3 Å². The molecule has 7 heteroatoms. The van der Waals surface area contributed by atoms with Gasteiger partial charge < -0.3 is 11.1 Å². The number of nitrogens with two attached hydrogens (primary N) is 1. The fourth-order valence-corrected chi connectivity index (χ4v) is 2.57. The van der Waals surface area contributed by atoms with E-state index in [-0.39, 0.29) is 22.8 Å². The Morgan fingerprint density at radius 1 is 1.20 bits per heavy atom. The first-order valence-electron chi connectivity index (χ1n) is 7.87. The average molecular weight is 362 g/mol. The van der Waals surface area contributed by atoms with Crippen molar-refractivity contribution < 1.29 is 9.72 Å². The van der Waals surface area contributed by atoms with Crippen LogP contribution in [0.5, 0.6) is 0 Å². The van der Waals surface area contributed by atoms with Crippen molar-refractivity contribution in [3.05, 3.63) is 74.3 Å². The van der Waals surface area contributed by atoms with Gasteiger partial charge in [-0.2, -0.15) is 0 Å². The van der Waals surface area contributed by atoms with Crippen molar-refractivity contribution in [3.63, 3.8) is 0 Å². The minimum Gasteiger partial charge on any atom is -0.350 e. The minimum atomic E-state index is -0.615. The van der Waals surface area contributed by atoms with Gasteiger partial charge in [-0.25, -0.2) is 0 Å². The zero-order valence-corrected chi connectivity index (χ0v) is 14.8. The number of benzene rings is 2. The highest BCUT2D eigenvalue weighted by Crippen LogP contribution is 2.23. The third-order valence-corrected chi connectivity index (χ3v) is 4.15. The molecule has 0 aliphatic carbocycles. The second-order valence-electron chi connectivity index (χ2n) is 6.06. The lowest BCUT2D eigenvalue weighted by atomic mass is 9.99. The summed E-state index contributed by atoms with van der Waals surface area (Å²) >= 11 is 5.84. The smallest absolute Gasteiger partial charge is 0.282 e. The zero-order valence-electron chi connectivity index (χ0n) is 14.0. The standard InChI is InChI=1S/C18H20ClN3O3/c1-11(2)12-3-5-13(6-4-12)16(20)10-21-18(23)15-9-14(19)7-8-17(15)22(24)25/h3-9,11,16H,10,20H2,1-2H3,(H,21,23). The number of carbonyl (C=O) groups excluding carboxylic acids is 1. The number of nitrogens with zero attached hydrogens (tertiary/aromatic N) is 1. The molecule has 132 valence electrons. The molecule has 6 nitrogen and oxygen atoms in total. The molecule has 0 spiro atoms. The molecular weight excluding hydrogens is 342 g/mol. The van der Waals surface area contributed by atoms with E-state index in [9.17, 15) is 14.9 Å². The number of nitrogens with one attached hydrogen (secondary N) is 1. The van der Waals surface area contributed by atoms with Crippen molar-refractivity contribution in [3.8, 4) is 0 Å². The van der Waals surface area contributed by atoms with Crippen LogP contribution in [0, 0.1) is 10.1 Å². The molecule has 0 fully saturated rings. The zero-order chi connectivity index (χ0) is 18.6. The first kappa shape index (κ1) is 18.9. The van der Waals surface area contributed by atoms with Crippen LogP contribution in [-0.4, -0.2) is 17.4 Å². The molecule has 3 N–H and O–H groups in total. The van der Waals surface area contributed by atoms with Crippen molar-refractivity contribution in [2.24, 2.45) is 5.73 Å². The molecule has 2 aromatic rings. The molecule has 1 atom stereocenters. The highest BCUT2D eigenvalue weighted by molar-refractivity contribution is 6.31. The van der Waals surface area contributed by atoms with E-state index in [0.29, 0.717) is 5.92 Å². The van der Waals surface area contributed by atoms with Crippen molar-refractivity contribution in [2.75, 3.05) is 6.54 Å².